The average Bonchev–Trinajstić information content (AvgIpc) is 2.85. The van der Waals surface area contributed by atoms with Gasteiger partial charge in [0.15, 0.2) is 0 Å². The van der Waals surface area contributed by atoms with Crippen molar-refractivity contribution in [1.82, 2.24) is 19.8 Å². The van der Waals surface area contributed by atoms with Gasteiger partial charge in [-0.3, -0.25) is 5.10 Å². The summed E-state index contributed by atoms with van der Waals surface area (Å²) < 4.78 is 25.8. The van der Waals surface area contributed by atoms with Crippen molar-refractivity contribution in [3.8, 4) is 0 Å². The molecule has 2 rings (SSSR count). The van der Waals surface area contributed by atoms with Gasteiger partial charge in [-0.05, 0) is 18.6 Å². The zero-order chi connectivity index (χ0) is 15.5. The van der Waals surface area contributed by atoms with Crippen LogP contribution in [0, 0.1) is 6.92 Å². The van der Waals surface area contributed by atoms with Gasteiger partial charge in [0.2, 0.25) is 10.0 Å². The lowest BCUT2D eigenvalue weighted by Gasteiger charge is -2.15. The van der Waals surface area contributed by atoms with Crippen LogP contribution in [0.3, 0.4) is 0 Å². The molecule has 0 unspecified atom stereocenters. The number of benzene rings is 1. The van der Waals surface area contributed by atoms with Gasteiger partial charge in [0, 0.05) is 38.4 Å². The molecule has 7 heteroatoms. The van der Waals surface area contributed by atoms with E-state index in [1.54, 1.807) is 18.3 Å². The molecule has 6 nitrogen and oxygen atoms in total. The highest BCUT2D eigenvalue weighted by atomic mass is 32.2. The standard InChI is InChI=1S/C14H20N4O2S/c1-11-13(10-16-17-11)9-15-8-12-6-4-5-7-14(12)21(19,20)18(2)3/h4-7,10,15H,8-9H2,1-3H3,(H,16,17). The van der Waals surface area contributed by atoms with E-state index < -0.39 is 10.0 Å². The molecular formula is C14H20N4O2S. The molecule has 0 saturated heterocycles. The van der Waals surface area contributed by atoms with Gasteiger partial charge in [-0.15, -0.1) is 0 Å². The third-order valence-corrected chi connectivity index (χ3v) is 5.21. The lowest BCUT2D eigenvalue weighted by atomic mass is 10.2. The topological polar surface area (TPSA) is 78.1 Å². The van der Waals surface area contributed by atoms with Crippen molar-refractivity contribution in [1.29, 1.82) is 0 Å². The second-order valence-corrected chi connectivity index (χ2v) is 7.14. The van der Waals surface area contributed by atoms with Gasteiger partial charge in [0.1, 0.15) is 0 Å². The predicted octanol–water partition coefficient (Wildman–Crippen LogP) is 1.26. The number of aromatic amines is 1. The van der Waals surface area contributed by atoms with Crippen LogP contribution in [0.5, 0.6) is 0 Å². The normalized spacial score (nSPS) is 12.0. The van der Waals surface area contributed by atoms with Crippen LogP contribution in [0.2, 0.25) is 0 Å². The van der Waals surface area contributed by atoms with Crippen LogP contribution in [0.1, 0.15) is 16.8 Å². The van der Waals surface area contributed by atoms with Crippen molar-refractivity contribution in [3.63, 3.8) is 0 Å². The summed E-state index contributed by atoms with van der Waals surface area (Å²) in [5, 5.41) is 10.1. The van der Waals surface area contributed by atoms with Crippen molar-refractivity contribution < 1.29 is 8.42 Å². The number of sulfonamides is 1. The molecule has 0 bridgehead atoms. The van der Waals surface area contributed by atoms with E-state index in [-0.39, 0.29) is 0 Å². The molecule has 1 aromatic heterocycles. The Labute approximate surface area is 125 Å². The minimum atomic E-state index is -3.43. The molecule has 0 radical (unpaired) electrons. The van der Waals surface area contributed by atoms with Crippen LogP contribution in [0.15, 0.2) is 35.4 Å². The van der Waals surface area contributed by atoms with Gasteiger partial charge >= 0.3 is 0 Å². The van der Waals surface area contributed by atoms with Crippen LogP contribution < -0.4 is 5.32 Å². The van der Waals surface area contributed by atoms with Crippen molar-refractivity contribution in [2.75, 3.05) is 14.1 Å². The Kier molecular flexibility index (Phi) is 4.76. The molecule has 1 heterocycles. The zero-order valence-corrected chi connectivity index (χ0v) is 13.2. The lowest BCUT2D eigenvalue weighted by Crippen LogP contribution is -2.24. The highest BCUT2D eigenvalue weighted by Gasteiger charge is 2.20. The van der Waals surface area contributed by atoms with E-state index >= 15 is 0 Å². The van der Waals surface area contributed by atoms with E-state index in [1.165, 1.54) is 18.4 Å². The van der Waals surface area contributed by atoms with Crippen LogP contribution in [0.4, 0.5) is 0 Å². The van der Waals surface area contributed by atoms with Crippen molar-refractivity contribution in [2.24, 2.45) is 0 Å². The average molecular weight is 308 g/mol. The number of nitrogens with one attached hydrogen (secondary N) is 2. The Morgan fingerprint density at radius 3 is 2.48 bits per heavy atom. The summed E-state index contributed by atoms with van der Waals surface area (Å²) in [6.45, 7) is 3.07. The van der Waals surface area contributed by atoms with Crippen LogP contribution in [-0.4, -0.2) is 37.0 Å². The molecule has 0 spiro atoms. The fourth-order valence-corrected chi connectivity index (χ4v) is 3.10. The van der Waals surface area contributed by atoms with Crippen molar-refractivity contribution >= 4 is 10.0 Å². The Morgan fingerprint density at radius 1 is 1.19 bits per heavy atom. The summed E-state index contributed by atoms with van der Waals surface area (Å²) in [6.07, 6.45) is 1.77. The van der Waals surface area contributed by atoms with Gasteiger partial charge < -0.3 is 5.32 Å². The molecule has 0 aliphatic rings. The minimum Gasteiger partial charge on any atom is -0.308 e. The van der Waals surface area contributed by atoms with Gasteiger partial charge in [-0.25, -0.2) is 12.7 Å². The highest BCUT2D eigenvalue weighted by molar-refractivity contribution is 7.89. The van der Waals surface area contributed by atoms with E-state index in [4.69, 9.17) is 0 Å². The van der Waals surface area contributed by atoms with Crippen LogP contribution in [-0.2, 0) is 23.1 Å². The maximum Gasteiger partial charge on any atom is 0.242 e. The van der Waals surface area contributed by atoms with E-state index in [2.05, 4.69) is 15.5 Å². The monoisotopic (exact) mass is 308 g/mol. The molecule has 0 aliphatic heterocycles. The first-order valence-corrected chi connectivity index (χ1v) is 8.07. The molecule has 0 aliphatic carbocycles. The molecule has 21 heavy (non-hydrogen) atoms. The summed E-state index contributed by atoms with van der Waals surface area (Å²) in [5.74, 6) is 0. The Balaban J connectivity index is 2.13. The van der Waals surface area contributed by atoms with Gasteiger partial charge in [0.05, 0.1) is 11.1 Å². The van der Waals surface area contributed by atoms with Crippen molar-refractivity contribution in [2.45, 2.75) is 24.9 Å². The molecule has 0 atom stereocenters. The first-order chi connectivity index (χ1) is 9.93. The molecule has 0 saturated carbocycles. The maximum atomic E-state index is 12.3. The third kappa shape index (κ3) is 3.49. The Hall–Kier alpha value is -1.70. The summed E-state index contributed by atoms with van der Waals surface area (Å²) in [6, 6.07) is 7.04. The molecule has 114 valence electrons. The summed E-state index contributed by atoms with van der Waals surface area (Å²) in [4.78, 5) is 0.339. The molecule has 2 N–H and O–H groups in total. The van der Waals surface area contributed by atoms with E-state index in [0.29, 0.717) is 18.0 Å². The molecule has 1 aromatic carbocycles. The molecular weight excluding hydrogens is 288 g/mol. The van der Waals surface area contributed by atoms with Crippen LogP contribution in [0.25, 0.3) is 0 Å². The highest BCUT2D eigenvalue weighted by Crippen LogP contribution is 2.18. The number of rotatable bonds is 6. The first-order valence-electron chi connectivity index (χ1n) is 6.63. The van der Waals surface area contributed by atoms with E-state index in [1.807, 2.05) is 19.1 Å². The van der Waals surface area contributed by atoms with Gasteiger partial charge in [-0.1, -0.05) is 18.2 Å². The quantitative estimate of drug-likeness (QED) is 0.842. The SMILES string of the molecule is Cc1[nH]ncc1CNCc1ccccc1S(=O)(=O)N(C)C. The summed E-state index contributed by atoms with van der Waals surface area (Å²) >= 11 is 0. The number of H-pyrrole nitrogens is 1. The second kappa shape index (κ2) is 6.38. The fourth-order valence-electron chi connectivity index (χ4n) is 1.98. The smallest absolute Gasteiger partial charge is 0.242 e. The maximum absolute atomic E-state index is 12.3. The minimum absolute atomic E-state index is 0.339. The van der Waals surface area contributed by atoms with E-state index in [0.717, 1.165) is 16.8 Å². The third-order valence-electron chi connectivity index (χ3n) is 3.30. The summed E-state index contributed by atoms with van der Waals surface area (Å²) in [5.41, 5.74) is 2.84. The number of nitrogens with zero attached hydrogens (tertiary/aromatic N) is 2. The lowest BCUT2D eigenvalue weighted by molar-refractivity contribution is 0.518. The first kappa shape index (κ1) is 15.7. The second-order valence-electron chi connectivity index (χ2n) is 5.02. The predicted molar refractivity (Wildman–Crippen MR) is 81.2 cm³/mol. The van der Waals surface area contributed by atoms with E-state index in [9.17, 15) is 8.42 Å². The number of aryl methyl sites for hydroxylation is 1. The van der Waals surface area contributed by atoms with Gasteiger partial charge in [0.25, 0.3) is 0 Å². The zero-order valence-electron chi connectivity index (χ0n) is 12.4. The molecule has 0 fully saturated rings. The number of hydrogen-bond acceptors (Lipinski definition) is 4. The number of aromatic nitrogens is 2. The summed E-state index contributed by atoms with van der Waals surface area (Å²) in [7, 11) is -0.353. The fraction of sp³-hybridized carbons (Fsp3) is 0.357. The Bertz CT molecular complexity index is 707. The molecule has 0 amide bonds. The Morgan fingerprint density at radius 2 is 1.86 bits per heavy atom. The number of hydrogen-bond donors (Lipinski definition) is 2. The largest absolute Gasteiger partial charge is 0.308 e. The van der Waals surface area contributed by atoms with Crippen molar-refractivity contribution in [3.05, 3.63) is 47.3 Å². The molecule has 2 aromatic rings. The van der Waals surface area contributed by atoms with Gasteiger partial charge in [-0.2, -0.15) is 5.10 Å². The van der Waals surface area contributed by atoms with Crippen LogP contribution >= 0.6 is 0 Å².